The van der Waals surface area contributed by atoms with Gasteiger partial charge in [0.05, 0.1) is 6.61 Å². The molecule has 0 spiro atoms. The number of esters is 2. The molecule has 0 aliphatic heterocycles. The summed E-state index contributed by atoms with van der Waals surface area (Å²) in [5, 5.41) is 9.57. The fraction of sp³-hybridized carbons (Fsp3) is 0.692. The molecule has 0 heterocycles. The van der Waals surface area contributed by atoms with Crippen molar-refractivity contribution in [1.82, 2.24) is 0 Å². The van der Waals surface area contributed by atoms with Crippen LogP contribution in [0.4, 0.5) is 0 Å². The third-order valence-corrected chi connectivity index (χ3v) is 9.90. The van der Waals surface area contributed by atoms with Crippen LogP contribution in [0.5, 0.6) is 0 Å². The van der Waals surface area contributed by atoms with Gasteiger partial charge >= 0.3 is 11.9 Å². The summed E-state index contributed by atoms with van der Waals surface area (Å²) in [4.78, 5) is 24.3. The number of allylic oxidation sites excluding steroid dienone is 14. The second kappa shape index (κ2) is 47.5. The van der Waals surface area contributed by atoms with Crippen molar-refractivity contribution in [1.29, 1.82) is 0 Å². The Kier molecular flexibility index (Phi) is 45.0. The van der Waals surface area contributed by atoms with Crippen LogP contribution >= 0.6 is 0 Å². The van der Waals surface area contributed by atoms with Crippen molar-refractivity contribution in [2.24, 2.45) is 0 Å². The van der Waals surface area contributed by atoms with Crippen LogP contribution in [0.15, 0.2) is 85.1 Å². The molecular formula is C52H88O5. The quantitative estimate of drug-likeness (QED) is 0.0379. The Morgan fingerprint density at radius 2 is 0.754 bits per heavy atom. The molecule has 1 atom stereocenters. The first-order valence-corrected chi connectivity index (χ1v) is 23.6. The average molecular weight is 793 g/mol. The standard InChI is InChI=1S/C52H88O5/c1-3-5-7-9-11-13-15-16-17-18-19-20-21-22-23-24-25-26-27-28-29-30-31-32-33-34-35-36-37-39-41-43-45-47-52(55)57-50(48-53)49-56-51(54)46-44-42-40-38-14-12-10-8-6-4-2/h5,7-8,10-11,13,16-17,19-20,22-23,25-26,50,53H,3-4,6,9,12,14-15,18,21,24,27-49H2,1-2H3/b7-5-,10-8-,13-11-,17-16-,20-19-,23-22-,26-25-. The minimum absolute atomic E-state index is 0.0725. The molecule has 1 unspecified atom stereocenters. The van der Waals surface area contributed by atoms with Crippen molar-refractivity contribution in [2.75, 3.05) is 13.2 Å². The lowest BCUT2D eigenvalue weighted by atomic mass is 10.0. The lowest BCUT2D eigenvalue weighted by molar-refractivity contribution is -0.161. The third-order valence-electron chi connectivity index (χ3n) is 9.90. The van der Waals surface area contributed by atoms with Gasteiger partial charge in [-0.15, -0.1) is 0 Å². The Balaban J connectivity index is 3.50. The van der Waals surface area contributed by atoms with Gasteiger partial charge < -0.3 is 14.6 Å². The van der Waals surface area contributed by atoms with E-state index in [2.05, 4.69) is 98.9 Å². The van der Waals surface area contributed by atoms with Crippen molar-refractivity contribution in [3.8, 4) is 0 Å². The molecule has 57 heavy (non-hydrogen) atoms. The first-order chi connectivity index (χ1) is 28.1. The van der Waals surface area contributed by atoms with Gasteiger partial charge in [0.2, 0.25) is 0 Å². The fourth-order valence-electron chi connectivity index (χ4n) is 6.38. The highest BCUT2D eigenvalue weighted by Gasteiger charge is 2.16. The second-order valence-corrected chi connectivity index (χ2v) is 15.4. The summed E-state index contributed by atoms with van der Waals surface area (Å²) < 4.78 is 10.6. The van der Waals surface area contributed by atoms with Gasteiger partial charge in [0.25, 0.3) is 0 Å². The predicted molar refractivity (Wildman–Crippen MR) is 246 cm³/mol. The number of hydrogen-bond acceptors (Lipinski definition) is 5. The summed E-state index contributed by atoms with van der Waals surface area (Å²) in [7, 11) is 0. The fourth-order valence-corrected chi connectivity index (χ4v) is 6.38. The number of carbonyl (C=O) groups is 2. The molecule has 0 aromatic heterocycles. The molecule has 0 saturated heterocycles. The zero-order valence-electron chi connectivity index (χ0n) is 37.1. The normalized spacial score (nSPS) is 13.0. The summed E-state index contributed by atoms with van der Waals surface area (Å²) >= 11 is 0. The van der Waals surface area contributed by atoms with Gasteiger partial charge in [-0.05, 0) is 83.5 Å². The van der Waals surface area contributed by atoms with E-state index in [1.165, 1.54) is 96.3 Å². The molecule has 0 saturated carbocycles. The largest absolute Gasteiger partial charge is 0.462 e. The molecule has 5 nitrogen and oxygen atoms in total. The summed E-state index contributed by atoms with van der Waals surface area (Å²) in [6, 6.07) is 0. The average Bonchev–Trinajstić information content (AvgIpc) is 3.21. The zero-order chi connectivity index (χ0) is 41.4. The van der Waals surface area contributed by atoms with E-state index >= 15 is 0 Å². The van der Waals surface area contributed by atoms with Crippen LogP contribution in [0.2, 0.25) is 0 Å². The molecular weight excluding hydrogens is 705 g/mol. The molecule has 0 amide bonds. The Hall–Kier alpha value is -2.92. The van der Waals surface area contributed by atoms with Crippen molar-refractivity contribution in [2.45, 2.75) is 219 Å². The number of unbranched alkanes of at least 4 members (excludes halogenated alkanes) is 20. The predicted octanol–water partition coefficient (Wildman–Crippen LogP) is 15.5. The molecule has 0 aromatic rings. The molecule has 0 aliphatic rings. The molecule has 0 aromatic carbocycles. The van der Waals surface area contributed by atoms with Crippen molar-refractivity contribution >= 4 is 11.9 Å². The molecule has 0 radical (unpaired) electrons. The maximum atomic E-state index is 12.2. The number of carbonyl (C=O) groups excluding carboxylic acids is 2. The lowest BCUT2D eigenvalue weighted by Gasteiger charge is -2.15. The highest BCUT2D eigenvalue weighted by atomic mass is 16.6. The van der Waals surface area contributed by atoms with Crippen molar-refractivity contribution in [3.63, 3.8) is 0 Å². The first kappa shape index (κ1) is 54.1. The Morgan fingerprint density at radius 1 is 0.421 bits per heavy atom. The summed E-state index contributed by atoms with van der Waals surface area (Å²) in [6.45, 7) is 3.95. The molecule has 0 bridgehead atoms. The maximum Gasteiger partial charge on any atom is 0.306 e. The van der Waals surface area contributed by atoms with E-state index in [1.54, 1.807) is 0 Å². The van der Waals surface area contributed by atoms with Crippen LogP contribution in [-0.4, -0.2) is 36.4 Å². The van der Waals surface area contributed by atoms with E-state index in [4.69, 9.17) is 9.47 Å². The number of aliphatic hydroxyl groups is 1. The Morgan fingerprint density at radius 3 is 1.16 bits per heavy atom. The summed E-state index contributed by atoms with van der Waals surface area (Å²) in [6.07, 6.45) is 65.4. The van der Waals surface area contributed by atoms with E-state index < -0.39 is 6.10 Å². The second-order valence-electron chi connectivity index (χ2n) is 15.4. The Bertz CT molecular complexity index is 1080. The van der Waals surface area contributed by atoms with Gasteiger partial charge in [-0.25, -0.2) is 0 Å². The van der Waals surface area contributed by atoms with Crippen LogP contribution in [-0.2, 0) is 19.1 Å². The van der Waals surface area contributed by atoms with Crippen LogP contribution in [0.1, 0.15) is 213 Å². The molecule has 0 aliphatic carbocycles. The van der Waals surface area contributed by atoms with Gasteiger partial charge in [0.15, 0.2) is 6.10 Å². The van der Waals surface area contributed by atoms with Gasteiger partial charge in [-0.2, -0.15) is 0 Å². The molecule has 5 heteroatoms. The highest BCUT2D eigenvalue weighted by molar-refractivity contribution is 5.70. The third kappa shape index (κ3) is 45.7. The SMILES string of the molecule is CC/C=C\C/C=C\C/C=C\C/C=C\C/C=C\C/C=C\CCCCCCCCCCCCCCCCC(=O)OC(CO)COC(=O)CCCCCCC/C=C\CCC. The molecule has 0 rings (SSSR count). The van der Waals surface area contributed by atoms with Gasteiger partial charge in [0.1, 0.15) is 6.61 Å². The van der Waals surface area contributed by atoms with Crippen molar-refractivity contribution < 1.29 is 24.2 Å². The number of hydrogen-bond donors (Lipinski definition) is 1. The van der Waals surface area contributed by atoms with E-state index in [0.29, 0.717) is 12.8 Å². The van der Waals surface area contributed by atoms with E-state index in [1.807, 2.05) is 0 Å². The maximum absolute atomic E-state index is 12.2. The van der Waals surface area contributed by atoms with Gasteiger partial charge in [0, 0.05) is 12.8 Å². The van der Waals surface area contributed by atoms with Gasteiger partial charge in [-0.3, -0.25) is 9.59 Å². The van der Waals surface area contributed by atoms with Gasteiger partial charge in [-0.1, -0.05) is 202 Å². The highest BCUT2D eigenvalue weighted by Crippen LogP contribution is 2.15. The van der Waals surface area contributed by atoms with E-state index in [-0.39, 0.29) is 25.2 Å². The molecule has 1 N–H and O–H groups in total. The monoisotopic (exact) mass is 793 g/mol. The van der Waals surface area contributed by atoms with Crippen LogP contribution < -0.4 is 0 Å². The minimum Gasteiger partial charge on any atom is -0.462 e. The van der Waals surface area contributed by atoms with Crippen molar-refractivity contribution in [3.05, 3.63) is 85.1 Å². The zero-order valence-corrected chi connectivity index (χ0v) is 37.1. The number of aliphatic hydroxyl groups excluding tert-OH is 1. The topological polar surface area (TPSA) is 72.8 Å². The Labute approximate surface area is 352 Å². The van der Waals surface area contributed by atoms with E-state index in [9.17, 15) is 14.7 Å². The smallest absolute Gasteiger partial charge is 0.306 e. The summed E-state index contributed by atoms with van der Waals surface area (Å²) in [5.41, 5.74) is 0. The van der Waals surface area contributed by atoms with Crippen LogP contribution in [0.3, 0.4) is 0 Å². The molecule has 326 valence electrons. The lowest BCUT2D eigenvalue weighted by Crippen LogP contribution is -2.28. The van der Waals surface area contributed by atoms with E-state index in [0.717, 1.165) is 89.9 Å². The van der Waals surface area contributed by atoms with Crippen LogP contribution in [0, 0.1) is 0 Å². The number of rotatable bonds is 42. The minimum atomic E-state index is -0.777. The summed E-state index contributed by atoms with van der Waals surface area (Å²) in [5.74, 6) is -0.606. The number of ether oxygens (including phenoxy) is 2. The van der Waals surface area contributed by atoms with Crippen LogP contribution in [0.25, 0.3) is 0 Å². The first-order valence-electron chi connectivity index (χ1n) is 23.6. The molecule has 0 fully saturated rings.